The van der Waals surface area contributed by atoms with E-state index in [1.54, 1.807) is 12.1 Å². The highest BCUT2D eigenvalue weighted by molar-refractivity contribution is 5.92. The highest BCUT2D eigenvalue weighted by atomic mass is 16.4. The van der Waals surface area contributed by atoms with Crippen LogP contribution in [0.1, 0.15) is 11.4 Å². The van der Waals surface area contributed by atoms with Crippen molar-refractivity contribution in [3.05, 3.63) is 42.2 Å². The van der Waals surface area contributed by atoms with Gasteiger partial charge < -0.3 is 20.7 Å². The van der Waals surface area contributed by atoms with Gasteiger partial charge in [0.05, 0.1) is 18.2 Å². The van der Waals surface area contributed by atoms with Gasteiger partial charge in [-0.1, -0.05) is 0 Å². The number of aromatic amines is 1. The number of pyridine rings is 1. The Morgan fingerprint density at radius 3 is 2.76 bits per heavy atom. The fourth-order valence-corrected chi connectivity index (χ4v) is 1.68. The van der Waals surface area contributed by atoms with E-state index in [-0.39, 0.29) is 6.42 Å². The van der Waals surface area contributed by atoms with Crippen molar-refractivity contribution in [1.82, 2.24) is 20.3 Å². The summed E-state index contributed by atoms with van der Waals surface area (Å²) in [4.78, 5) is 33.6. The molecule has 2 amide bonds. The Kier molecular flexibility index (Phi) is 4.50. The summed E-state index contributed by atoms with van der Waals surface area (Å²) in [7, 11) is 0. The second-order valence-corrected chi connectivity index (χ2v) is 4.46. The number of carbonyl (C=O) groups is 2. The van der Waals surface area contributed by atoms with Crippen molar-refractivity contribution in [2.45, 2.75) is 19.4 Å². The van der Waals surface area contributed by atoms with E-state index < -0.39 is 18.0 Å². The molecule has 21 heavy (non-hydrogen) atoms. The van der Waals surface area contributed by atoms with Crippen LogP contribution in [0, 0.1) is 6.92 Å². The lowest BCUT2D eigenvalue weighted by Crippen LogP contribution is -2.44. The van der Waals surface area contributed by atoms with E-state index >= 15 is 0 Å². The summed E-state index contributed by atoms with van der Waals surface area (Å²) < 4.78 is 0. The first-order valence-electron chi connectivity index (χ1n) is 6.25. The molecule has 1 atom stereocenters. The first kappa shape index (κ1) is 14.5. The molecule has 0 saturated heterocycles. The maximum atomic E-state index is 11.8. The van der Waals surface area contributed by atoms with E-state index in [9.17, 15) is 9.59 Å². The van der Waals surface area contributed by atoms with Gasteiger partial charge in [0.1, 0.15) is 6.04 Å². The molecule has 0 saturated carbocycles. The van der Waals surface area contributed by atoms with Crippen LogP contribution >= 0.6 is 0 Å². The number of amides is 2. The molecule has 2 heterocycles. The summed E-state index contributed by atoms with van der Waals surface area (Å²) in [6.45, 7) is 1.83. The lowest BCUT2D eigenvalue weighted by atomic mass is 10.2. The van der Waals surface area contributed by atoms with Gasteiger partial charge in [-0.05, 0) is 19.1 Å². The second-order valence-electron chi connectivity index (χ2n) is 4.46. The van der Waals surface area contributed by atoms with Gasteiger partial charge in [-0.2, -0.15) is 0 Å². The summed E-state index contributed by atoms with van der Waals surface area (Å²) in [5.41, 5.74) is 1.94. The van der Waals surface area contributed by atoms with E-state index in [1.807, 2.05) is 6.92 Å². The Morgan fingerprint density at radius 1 is 1.38 bits per heavy atom. The number of carbonyl (C=O) groups excluding carboxylic acids is 1. The van der Waals surface area contributed by atoms with Crippen LogP contribution in [0.5, 0.6) is 0 Å². The molecular weight excluding hydrogens is 274 g/mol. The summed E-state index contributed by atoms with van der Waals surface area (Å²) in [6, 6.07) is 1.78. The SMILES string of the molecule is Cc1ccc(NC(=O)N[C@@H](Cc2cnc[nH]2)C(=O)O)cn1. The molecule has 0 aliphatic rings. The fourth-order valence-electron chi connectivity index (χ4n) is 1.68. The number of hydrogen-bond donors (Lipinski definition) is 4. The molecular formula is C13H15N5O3. The van der Waals surface area contributed by atoms with Crippen molar-refractivity contribution >= 4 is 17.7 Å². The molecule has 0 aromatic carbocycles. The number of anilines is 1. The molecule has 0 radical (unpaired) electrons. The van der Waals surface area contributed by atoms with Crippen LogP contribution in [0.2, 0.25) is 0 Å². The van der Waals surface area contributed by atoms with E-state index in [0.29, 0.717) is 11.4 Å². The van der Waals surface area contributed by atoms with E-state index in [1.165, 1.54) is 18.7 Å². The number of aliphatic carboxylic acids is 1. The molecule has 110 valence electrons. The minimum absolute atomic E-state index is 0.120. The maximum Gasteiger partial charge on any atom is 0.326 e. The second kappa shape index (κ2) is 6.51. The van der Waals surface area contributed by atoms with E-state index in [0.717, 1.165) is 5.69 Å². The van der Waals surface area contributed by atoms with Crippen molar-refractivity contribution in [3.8, 4) is 0 Å². The van der Waals surface area contributed by atoms with Crippen LogP contribution in [-0.2, 0) is 11.2 Å². The van der Waals surface area contributed by atoms with Gasteiger partial charge in [0, 0.05) is 24.0 Å². The molecule has 2 rings (SSSR count). The Morgan fingerprint density at radius 2 is 2.19 bits per heavy atom. The average molecular weight is 289 g/mol. The van der Waals surface area contributed by atoms with E-state index in [4.69, 9.17) is 5.11 Å². The molecule has 0 aliphatic heterocycles. The zero-order chi connectivity index (χ0) is 15.2. The Balaban J connectivity index is 1.95. The molecule has 2 aromatic rings. The third-order valence-corrected chi connectivity index (χ3v) is 2.75. The van der Waals surface area contributed by atoms with Crippen LogP contribution in [0.15, 0.2) is 30.9 Å². The lowest BCUT2D eigenvalue weighted by molar-refractivity contribution is -0.139. The molecule has 8 nitrogen and oxygen atoms in total. The Labute approximate surface area is 120 Å². The van der Waals surface area contributed by atoms with Gasteiger partial charge in [0.25, 0.3) is 0 Å². The average Bonchev–Trinajstić information content (AvgIpc) is 2.93. The van der Waals surface area contributed by atoms with Crippen LogP contribution in [0.25, 0.3) is 0 Å². The van der Waals surface area contributed by atoms with Crippen molar-refractivity contribution in [2.24, 2.45) is 0 Å². The quantitative estimate of drug-likeness (QED) is 0.652. The van der Waals surface area contributed by atoms with Gasteiger partial charge in [-0.25, -0.2) is 14.6 Å². The third kappa shape index (κ3) is 4.30. The van der Waals surface area contributed by atoms with E-state index in [2.05, 4.69) is 25.6 Å². The van der Waals surface area contributed by atoms with Crippen molar-refractivity contribution < 1.29 is 14.7 Å². The van der Waals surface area contributed by atoms with Crippen LogP contribution in [0.4, 0.5) is 10.5 Å². The zero-order valence-corrected chi connectivity index (χ0v) is 11.3. The van der Waals surface area contributed by atoms with Crippen LogP contribution in [0.3, 0.4) is 0 Å². The Hall–Kier alpha value is -2.90. The summed E-state index contributed by atoms with van der Waals surface area (Å²) in [5.74, 6) is -1.12. The number of aromatic nitrogens is 3. The molecule has 0 spiro atoms. The predicted molar refractivity (Wildman–Crippen MR) is 74.8 cm³/mol. The van der Waals surface area contributed by atoms with Gasteiger partial charge >= 0.3 is 12.0 Å². The number of H-pyrrole nitrogens is 1. The lowest BCUT2D eigenvalue weighted by Gasteiger charge is -2.14. The number of aryl methyl sites for hydroxylation is 1. The van der Waals surface area contributed by atoms with Crippen molar-refractivity contribution in [2.75, 3.05) is 5.32 Å². The van der Waals surface area contributed by atoms with Gasteiger partial charge in [0.2, 0.25) is 0 Å². The first-order valence-corrected chi connectivity index (χ1v) is 6.25. The molecule has 4 N–H and O–H groups in total. The van der Waals surface area contributed by atoms with Gasteiger partial charge in [0.15, 0.2) is 0 Å². The highest BCUT2D eigenvalue weighted by Gasteiger charge is 2.21. The Bertz CT molecular complexity index is 609. The molecule has 2 aromatic heterocycles. The topological polar surface area (TPSA) is 120 Å². The number of imidazole rings is 1. The molecule has 0 bridgehead atoms. The normalized spacial score (nSPS) is 11.7. The zero-order valence-electron chi connectivity index (χ0n) is 11.3. The molecule has 0 fully saturated rings. The highest BCUT2D eigenvalue weighted by Crippen LogP contribution is 2.05. The monoisotopic (exact) mass is 289 g/mol. The number of nitrogens with zero attached hydrogens (tertiary/aromatic N) is 2. The number of nitrogens with one attached hydrogen (secondary N) is 3. The maximum absolute atomic E-state index is 11.8. The predicted octanol–water partition coefficient (Wildman–Crippen LogP) is 0.931. The fraction of sp³-hybridized carbons (Fsp3) is 0.231. The molecule has 0 unspecified atom stereocenters. The van der Waals surface area contributed by atoms with Gasteiger partial charge in [-0.15, -0.1) is 0 Å². The number of carboxylic acid groups (broad SMARTS) is 1. The summed E-state index contributed by atoms with van der Waals surface area (Å²) in [6.07, 6.45) is 4.58. The minimum Gasteiger partial charge on any atom is -0.480 e. The standard InChI is InChI=1S/C13H15N5O3/c1-8-2-3-9(6-15-8)17-13(21)18-11(12(19)20)4-10-5-14-7-16-10/h2-3,5-7,11H,4H2,1H3,(H,14,16)(H,19,20)(H2,17,18,21)/t11-/m0/s1. The van der Waals surface area contributed by atoms with Crippen molar-refractivity contribution in [1.29, 1.82) is 0 Å². The smallest absolute Gasteiger partial charge is 0.326 e. The number of rotatable bonds is 5. The third-order valence-electron chi connectivity index (χ3n) is 2.75. The number of urea groups is 1. The molecule has 0 aliphatic carbocycles. The van der Waals surface area contributed by atoms with Crippen LogP contribution < -0.4 is 10.6 Å². The van der Waals surface area contributed by atoms with Crippen molar-refractivity contribution in [3.63, 3.8) is 0 Å². The summed E-state index contributed by atoms with van der Waals surface area (Å²) >= 11 is 0. The van der Waals surface area contributed by atoms with Gasteiger partial charge in [-0.3, -0.25) is 4.98 Å². The largest absolute Gasteiger partial charge is 0.480 e. The summed E-state index contributed by atoms with van der Waals surface area (Å²) in [5, 5.41) is 14.1. The first-order chi connectivity index (χ1) is 10.0. The minimum atomic E-state index is -1.12. The molecule has 8 heteroatoms. The number of carboxylic acids is 1. The van der Waals surface area contributed by atoms with Crippen LogP contribution in [-0.4, -0.2) is 38.1 Å². The number of hydrogen-bond acceptors (Lipinski definition) is 4.